The Hall–Kier alpha value is -1.07. The molecule has 1 atom stereocenters. The molecule has 0 radical (unpaired) electrons. The number of methoxy groups -OCH3 is 1. The van der Waals surface area contributed by atoms with Crippen LogP contribution < -0.4 is 10.1 Å². The van der Waals surface area contributed by atoms with Crippen LogP contribution >= 0.6 is 0 Å². The molecule has 0 bridgehead atoms. The first-order chi connectivity index (χ1) is 7.95. The van der Waals surface area contributed by atoms with Crippen LogP contribution in [0.2, 0.25) is 0 Å². The predicted octanol–water partition coefficient (Wildman–Crippen LogP) is 0.777. The number of likely N-dealkylation sites (N-methyl/N-ethyl adjacent to an activating group) is 1. The summed E-state index contributed by atoms with van der Waals surface area (Å²) in [6.45, 7) is 5.99. The molecular formula is C12H24N4O. The third-order valence-corrected chi connectivity index (χ3v) is 2.75. The zero-order valence-electron chi connectivity index (χ0n) is 11.7. The van der Waals surface area contributed by atoms with Gasteiger partial charge in [-0.2, -0.15) is 5.10 Å². The fourth-order valence-corrected chi connectivity index (χ4v) is 2.03. The van der Waals surface area contributed by atoms with E-state index in [0.717, 1.165) is 30.2 Å². The number of aryl methyl sites for hydroxylation is 2. The van der Waals surface area contributed by atoms with Gasteiger partial charge in [-0.15, -0.1) is 0 Å². The van der Waals surface area contributed by atoms with Crippen LogP contribution in [0.1, 0.15) is 18.2 Å². The first-order valence-electron chi connectivity index (χ1n) is 5.90. The van der Waals surface area contributed by atoms with Crippen molar-refractivity contribution in [1.82, 2.24) is 20.0 Å². The van der Waals surface area contributed by atoms with Crippen LogP contribution in [0, 0.1) is 6.92 Å². The topological polar surface area (TPSA) is 42.3 Å². The highest BCUT2D eigenvalue weighted by Crippen LogP contribution is 2.20. The van der Waals surface area contributed by atoms with Crippen molar-refractivity contribution in [3.8, 4) is 5.88 Å². The summed E-state index contributed by atoms with van der Waals surface area (Å²) in [7, 11) is 7.74. The van der Waals surface area contributed by atoms with E-state index in [4.69, 9.17) is 4.74 Å². The van der Waals surface area contributed by atoms with Crippen LogP contribution in [-0.4, -0.2) is 48.5 Å². The van der Waals surface area contributed by atoms with Gasteiger partial charge in [0.25, 0.3) is 0 Å². The summed E-state index contributed by atoms with van der Waals surface area (Å²) in [6, 6.07) is 0.439. The van der Waals surface area contributed by atoms with Gasteiger partial charge in [0.2, 0.25) is 5.88 Å². The predicted molar refractivity (Wildman–Crippen MR) is 69.4 cm³/mol. The first-order valence-corrected chi connectivity index (χ1v) is 5.90. The average Bonchev–Trinajstić information content (AvgIpc) is 2.48. The van der Waals surface area contributed by atoms with Crippen molar-refractivity contribution in [2.45, 2.75) is 26.4 Å². The van der Waals surface area contributed by atoms with Crippen molar-refractivity contribution < 1.29 is 4.74 Å². The molecule has 0 aliphatic heterocycles. The second kappa shape index (κ2) is 6.02. The van der Waals surface area contributed by atoms with E-state index in [1.54, 1.807) is 11.8 Å². The molecule has 17 heavy (non-hydrogen) atoms. The maximum Gasteiger partial charge on any atom is 0.216 e. The number of hydrogen-bond donors (Lipinski definition) is 1. The van der Waals surface area contributed by atoms with Gasteiger partial charge >= 0.3 is 0 Å². The Bertz CT molecular complexity index is 360. The highest BCUT2D eigenvalue weighted by atomic mass is 16.5. The van der Waals surface area contributed by atoms with Gasteiger partial charge in [-0.25, -0.2) is 4.68 Å². The molecule has 0 aromatic carbocycles. The van der Waals surface area contributed by atoms with E-state index in [1.807, 2.05) is 14.0 Å². The normalized spacial score (nSPS) is 13.1. The van der Waals surface area contributed by atoms with Gasteiger partial charge in [-0.1, -0.05) is 0 Å². The number of nitrogens with one attached hydrogen (secondary N) is 1. The molecule has 0 saturated carbocycles. The van der Waals surface area contributed by atoms with E-state index in [9.17, 15) is 0 Å². The summed E-state index contributed by atoms with van der Waals surface area (Å²) in [5.74, 6) is 0.840. The van der Waals surface area contributed by atoms with E-state index in [-0.39, 0.29) is 0 Å². The van der Waals surface area contributed by atoms with Crippen molar-refractivity contribution >= 4 is 0 Å². The number of rotatable bonds is 6. The zero-order chi connectivity index (χ0) is 13.0. The zero-order valence-corrected chi connectivity index (χ0v) is 11.7. The number of hydrogen-bond acceptors (Lipinski definition) is 4. The maximum atomic E-state index is 5.36. The van der Waals surface area contributed by atoms with Gasteiger partial charge in [-0.05, 0) is 27.9 Å². The largest absolute Gasteiger partial charge is 0.481 e. The van der Waals surface area contributed by atoms with Crippen LogP contribution in [-0.2, 0) is 13.6 Å². The Morgan fingerprint density at radius 1 is 1.47 bits per heavy atom. The minimum absolute atomic E-state index is 0.439. The van der Waals surface area contributed by atoms with Crippen molar-refractivity contribution in [1.29, 1.82) is 0 Å². The standard InChI is InChI=1S/C12H24N4O/c1-9(8-15(3)4)13-7-11-10(2)14-16(5)12(11)17-6/h9,13H,7-8H2,1-6H3. The number of aromatic nitrogens is 2. The Balaban J connectivity index is 2.62. The van der Waals surface area contributed by atoms with Crippen molar-refractivity contribution in [2.75, 3.05) is 27.7 Å². The van der Waals surface area contributed by atoms with Gasteiger partial charge in [0.05, 0.1) is 18.4 Å². The van der Waals surface area contributed by atoms with Gasteiger partial charge in [0, 0.05) is 26.2 Å². The van der Waals surface area contributed by atoms with Gasteiger partial charge < -0.3 is 15.0 Å². The highest BCUT2D eigenvalue weighted by Gasteiger charge is 2.14. The molecule has 1 aromatic heterocycles. The van der Waals surface area contributed by atoms with E-state index < -0.39 is 0 Å². The van der Waals surface area contributed by atoms with E-state index in [1.165, 1.54) is 0 Å². The number of ether oxygens (including phenoxy) is 1. The average molecular weight is 240 g/mol. The van der Waals surface area contributed by atoms with Crippen molar-refractivity contribution in [2.24, 2.45) is 7.05 Å². The van der Waals surface area contributed by atoms with Crippen LogP contribution in [0.15, 0.2) is 0 Å². The van der Waals surface area contributed by atoms with Crippen LogP contribution in [0.4, 0.5) is 0 Å². The van der Waals surface area contributed by atoms with Crippen LogP contribution in [0.5, 0.6) is 5.88 Å². The third-order valence-electron chi connectivity index (χ3n) is 2.75. The van der Waals surface area contributed by atoms with E-state index in [2.05, 4.69) is 36.3 Å². The second-order valence-corrected chi connectivity index (χ2v) is 4.74. The number of nitrogens with zero attached hydrogens (tertiary/aromatic N) is 3. The maximum absolute atomic E-state index is 5.36. The Morgan fingerprint density at radius 2 is 2.12 bits per heavy atom. The lowest BCUT2D eigenvalue weighted by atomic mass is 10.2. The first kappa shape index (κ1) is 14.0. The minimum Gasteiger partial charge on any atom is -0.481 e. The van der Waals surface area contributed by atoms with Crippen LogP contribution in [0.3, 0.4) is 0 Å². The monoisotopic (exact) mass is 240 g/mol. The van der Waals surface area contributed by atoms with E-state index in [0.29, 0.717) is 6.04 Å². The SMILES string of the molecule is COc1c(CNC(C)CN(C)C)c(C)nn1C. The Morgan fingerprint density at radius 3 is 2.65 bits per heavy atom. The van der Waals surface area contributed by atoms with Crippen molar-refractivity contribution in [3.63, 3.8) is 0 Å². The fourth-order valence-electron chi connectivity index (χ4n) is 2.03. The Labute approximate surface area is 104 Å². The lowest BCUT2D eigenvalue weighted by Gasteiger charge is -2.18. The fraction of sp³-hybridized carbons (Fsp3) is 0.750. The molecule has 0 fully saturated rings. The van der Waals surface area contributed by atoms with Gasteiger partial charge in [0.15, 0.2) is 0 Å². The molecule has 1 rings (SSSR count). The molecule has 1 N–H and O–H groups in total. The molecule has 1 heterocycles. The van der Waals surface area contributed by atoms with Crippen molar-refractivity contribution in [3.05, 3.63) is 11.3 Å². The smallest absolute Gasteiger partial charge is 0.216 e. The molecule has 0 spiro atoms. The lowest BCUT2D eigenvalue weighted by molar-refractivity contribution is 0.343. The molecule has 1 aromatic rings. The third kappa shape index (κ3) is 3.71. The molecule has 1 unspecified atom stereocenters. The van der Waals surface area contributed by atoms with Crippen LogP contribution in [0.25, 0.3) is 0 Å². The second-order valence-electron chi connectivity index (χ2n) is 4.74. The summed E-state index contributed by atoms with van der Waals surface area (Å²) in [6.07, 6.45) is 0. The highest BCUT2D eigenvalue weighted by molar-refractivity contribution is 5.30. The molecule has 0 amide bonds. The van der Waals surface area contributed by atoms with E-state index >= 15 is 0 Å². The summed E-state index contributed by atoms with van der Waals surface area (Å²) >= 11 is 0. The van der Waals surface area contributed by atoms with Gasteiger partial charge in [-0.3, -0.25) is 0 Å². The summed E-state index contributed by atoms with van der Waals surface area (Å²) in [5, 5.41) is 7.85. The Kier molecular flexibility index (Phi) is 4.96. The summed E-state index contributed by atoms with van der Waals surface area (Å²) in [4.78, 5) is 2.17. The summed E-state index contributed by atoms with van der Waals surface area (Å²) in [5.41, 5.74) is 2.16. The molecule has 5 nitrogen and oxygen atoms in total. The lowest BCUT2D eigenvalue weighted by Crippen LogP contribution is -2.35. The molecule has 0 saturated heterocycles. The summed E-state index contributed by atoms with van der Waals surface area (Å²) < 4.78 is 7.14. The molecular weight excluding hydrogens is 216 g/mol. The molecule has 5 heteroatoms. The quantitative estimate of drug-likeness (QED) is 0.798. The molecule has 98 valence electrons. The minimum atomic E-state index is 0.439. The molecule has 0 aliphatic carbocycles. The molecule has 0 aliphatic rings. The van der Waals surface area contributed by atoms with Gasteiger partial charge in [0.1, 0.15) is 0 Å².